The van der Waals surface area contributed by atoms with Gasteiger partial charge in [-0.25, -0.2) is 0 Å². The lowest BCUT2D eigenvalue weighted by atomic mass is 10.0. The number of nitrogens with one attached hydrogen (secondary N) is 1. The largest absolute Gasteiger partial charge is 0.472 e. The molecule has 1 atom stereocenters. The third-order valence-corrected chi connectivity index (χ3v) is 3.92. The van der Waals surface area contributed by atoms with Crippen molar-refractivity contribution in [2.45, 2.75) is 25.8 Å². The molecule has 0 amide bonds. The predicted octanol–water partition coefficient (Wildman–Crippen LogP) is 4.98. The van der Waals surface area contributed by atoms with E-state index >= 15 is 0 Å². The second-order valence-corrected chi connectivity index (χ2v) is 5.80. The van der Waals surface area contributed by atoms with Crippen molar-refractivity contribution in [3.63, 3.8) is 0 Å². The molecule has 4 heteroatoms. The third kappa shape index (κ3) is 4.10. The highest BCUT2D eigenvalue weighted by Crippen LogP contribution is 2.29. The molecule has 2 nitrogen and oxygen atoms in total. The van der Waals surface area contributed by atoms with E-state index in [1.807, 2.05) is 18.2 Å². The molecule has 0 bridgehead atoms. The van der Waals surface area contributed by atoms with Crippen LogP contribution in [0, 0.1) is 0 Å². The Morgan fingerprint density at radius 2 is 2.21 bits per heavy atom. The molecule has 0 fully saturated rings. The van der Waals surface area contributed by atoms with E-state index in [9.17, 15) is 0 Å². The number of rotatable bonds is 6. The first-order valence-electron chi connectivity index (χ1n) is 6.40. The molecule has 1 unspecified atom stereocenters. The van der Waals surface area contributed by atoms with Gasteiger partial charge in [0, 0.05) is 15.5 Å². The molecule has 19 heavy (non-hydrogen) atoms. The summed E-state index contributed by atoms with van der Waals surface area (Å²) in [5.41, 5.74) is 2.41. The van der Waals surface area contributed by atoms with Gasteiger partial charge in [-0.15, -0.1) is 0 Å². The van der Waals surface area contributed by atoms with E-state index in [0.29, 0.717) is 0 Å². The summed E-state index contributed by atoms with van der Waals surface area (Å²) in [6, 6.07) is 8.19. The first-order chi connectivity index (χ1) is 9.20. The van der Waals surface area contributed by atoms with Crippen LogP contribution in [0.2, 0.25) is 5.02 Å². The first-order valence-corrected chi connectivity index (χ1v) is 7.57. The minimum atomic E-state index is 0.254. The van der Waals surface area contributed by atoms with Gasteiger partial charge in [0.05, 0.1) is 12.5 Å². The molecule has 1 N–H and O–H groups in total. The smallest absolute Gasteiger partial charge is 0.0935 e. The van der Waals surface area contributed by atoms with E-state index in [-0.39, 0.29) is 6.04 Å². The Labute approximate surface area is 127 Å². The number of hydrogen-bond donors (Lipinski definition) is 1. The second kappa shape index (κ2) is 7.13. The fourth-order valence-electron chi connectivity index (χ4n) is 2.04. The van der Waals surface area contributed by atoms with Crippen LogP contribution in [0.1, 0.15) is 30.5 Å². The van der Waals surface area contributed by atoms with Crippen molar-refractivity contribution < 1.29 is 4.42 Å². The van der Waals surface area contributed by atoms with Crippen molar-refractivity contribution in [1.29, 1.82) is 0 Å². The van der Waals surface area contributed by atoms with E-state index in [4.69, 9.17) is 16.0 Å². The molecule has 2 rings (SSSR count). The maximum atomic E-state index is 6.00. The minimum Gasteiger partial charge on any atom is -0.472 e. The third-order valence-electron chi connectivity index (χ3n) is 3.00. The van der Waals surface area contributed by atoms with Crippen LogP contribution in [0.15, 0.2) is 45.7 Å². The van der Waals surface area contributed by atoms with Gasteiger partial charge in [0.25, 0.3) is 0 Å². The van der Waals surface area contributed by atoms with Crippen molar-refractivity contribution in [1.82, 2.24) is 5.32 Å². The Morgan fingerprint density at radius 3 is 2.84 bits per heavy atom. The van der Waals surface area contributed by atoms with Crippen LogP contribution in [0.5, 0.6) is 0 Å². The van der Waals surface area contributed by atoms with E-state index in [1.165, 1.54) is 11.1 Å². The minimum absolute atomic E-state index is 0.254. The van der Waals surface area contributed by atoms with Crippen LogP contribution < -0.4 is 5.32 Å². The van der Waals surface area contributed by atoms with E-state index < -0.39 is 0 Å². The van der Waals surface area contributed by atoms with Crippen LogP contribution in [0.4, 0.5) is 0 Å². The SMILES string of the molecule is CCCNC(Cc1ccoc1)c1ccc(Cl)cc1Br. The molecule has 2 aromatic rings. The summed E-state index contributed by atoms with van der Waals surface area (Å²) < 4.78 is 6.18. The highest BCUT2D eigenvalue weighted by Gasteiger charge is 2.15. The van der Waals surface area contributed by atoms with Crippen LogP contribution in [-0.4, -0.2) is 6.54 Å². The van der Waals surface area contributed by atoms with E-state index in [1.54, 1.807) is 12.5 Å². The van der Waals surface area contributed by atoms with Crippen LogP contribution in [-0.2, 0) is 6.42 Å². The van der Waals surface area contributed by atoms with Gasteiger partial charge in [0.1, 0.15) is 0 Å². The highest BCUT2D eigenvalue weighted by atomic mass is 79.9. The summed E-state index contributed by atoms with van der Waals surface area (Å²) in [7, 11) is 0. The number of benzene rings is 1. The molecule has 0 aliphatic rings. The molecule has 0 saturated heterocycles. The van der Waals surface area contributed by atoms with Crippen molar-refractivity contribution in [3.8, 4) is 0 Å². The summed E-state index contributed by atoms with van der Waals surface area (Å²) in [6.45, 7) is 3.15. The molecular weight excluding hydrogens is 326 g/mol. The van der Waals surface area contributed by atoms with Crippen LogP contribution in [0.3, 0.4) is 0 Å². The standard InChI is InChI=1S/C15H17BrClNO/c1-2-6-18-15(8-11-5-7-19-10-11)13-4-3-12(17)9-14(13)16/h3-5,7,9-10,15,18H,2,6,8H2,1H3. The summed E-state index contributed by atoms with van der Waals surface area (Å²) in [5, 5.41) is 4.31. The number of furan rings is 1. The molecule has 0 spiro atoms. The van der Waals surface area contributed by atoms with Crippen molar-refractivity contribution in [3.05, 3.63) is 57.4 Å². The maximum absolute atomic E-state index is 6.00. The number of hydrogen-bond acceptors (Lipinski definition) is 2. The second-order valence-electron chi connectivity index (χ2n) is 4.51. The lowest BCUT2D eigenvalue weighted by Gasteiger charge is -2.20. The van der Waals surface area contributed by atoms with E-state index in [2.05, 4.69) is 34.2 Å². The Kier molecular flexibility index (Phi) is 5.49. The van der Waals surface area contributed by atoms with Crippen LogP contribution in [0.25, 0.3) is 0 Å². The lowest BCUT2D eigenvalue weighted by Crippen LogP contribution is -2.24. The van der Waals surface area contributed by atoms with Gasteiger partial charge in [-0.2, -0.15) is 0 Å². The maximum Gasteiger partial charge on any atom is 0.0935 e. The zero-order valence-corrected chi connectivity index (χ0v) is 13.2. The molecular formula is C15H17BrClNO. The fourth-order valence-corrected chi connectivity index (χ4v) is 3.00. The molecule has 0 radical (unpaired) electrons. The van der Waals surface area contributed by atoms with Gasteiger partial charge >= 0.3 is 0 Å². The van der Waals surface area contributed by atoms with Gasteiger partial charge < -0.3 is 9.73 Å². The van der Waals surface area contributed by atoms with Gasteiger partial charge in [0.15, 0.2) is 0 Å². The Bertz CT molecular complexity index is 513. The molecule has 1 aromatic heterocycles. The monoisotopic (exact) mass is 341 g/mol. The van der Waals surface area contributed by atoms with Crippen molar-refractivity contribution >= 4 is 27.5 Å². The molecule has 1 aromatic carbocycles. The van der Waals surface area contributed by atoms with Gasteiger partial charge in [-0.1, -0.05) is 40.5 Å². The fraction of sp³-hybridized carbons (Fsp3) is 0.333. The average molecular weight is 343 g/mol. The van der Waals surface area contributed by atoms with Crippen LogP contribution >= 0.6 is 27.5 Å². The molecule has 102 valence electrons. The summed E-state index contributed by atoms with van der Waals surface area (Å²) in [6.07, 6.45) is 5.51. The normalized spacial score (nSPS) is 12.6. The average Bonchev–Trinajstić information content (AvgIpc) is 2.88. The first kappa shape index (κ1) is 14.6. The lowest BCUT2D eigenvalue weighted by molar-refractivity contribution is 0.519. The highest BCUT2D eigenvalue weighted by molar-refractivity contribution is 9.10. The zero-order chi connectivity index (χ0) is 13.7. The van der Waals surface area contributed by atoms with Crippen molar-refractivity contribution in [2.24, 2.45) is 0 Å². The Balaban J connectivity index is 2.20. The topological polar surface area (TPSA) is 25.2 Å². The van der Waals surface area contributed by atoms with Gasteiger partial charge in [-0.3, -0.25) is 0 Å². The molecule has 0 aliphatic heterocycles. The van der Waals surface area contributed by atoms with Gasteiger partial charge in [0.2, 0.25) is 0 Å². The predicted molar refractivity (Wildman–Crippen MR) is 82.6 cm³/mol. The molecule has 0 saturated carbocycles. The van der Waals surface area contributed by atoms with Gasteiger partial charge in [-0.05, 0) is 48.7 Å². The molecule has 0 aliphatic carbocycles. The number of halogens is 2. The zero-order valence-electron chi connectivity index (χ0n) is 10.8. The van der Waals surface area contributed by atoms with Crippen molar-refractivity contribution in [2.75, 3.05) is 6.54 Å². The Hall–Kier alpha value is -0.770. The quantitative estimate of drug-likeness (QED) is 0.801. The molecule has 1 heterocycles. The summed E-state index contributed by atoms with van der Waals surface area (Å²) in [5.74, 6) is 0. The Morgan fingerprint density at radius 1 is 1.37 bits per heavy atom. The van der Waals surface area contributed by atoms with E-state index in [0.717, 1.165) is 28.9 Å². The summed E-state index contributed by atoms with van der Waals surface area (Å²) in [4.78, 5) is 0. The summed E-state index contributed by atoms with van der Waals surface area (Å²) >= 11 is 9.60.